The van der Waals surface area contributed by atoms with Gasteiger partial charge in [0.1, 0.15) is 5.01 Å². The van der Waals surface area contributed by atoms with Gasteiger partial charge in [-0.25, -0.2) is 0 Å². The highest BCUT2D eigenvalue weighted by Gasteiger charge is 2.06. The van der Waals surface area contributed by atoms with Gasteiger partial charge in [0.2, 0.25) is 5.13 Å². The van der Waals surface area contributed by atoms with Gasteiger partial charge in [-0.05, 0) is 12.1 Å². The van der Waals surface area contributed by atoms with Crippen LogP contribution in [-0.2, 0) is 0 Å². The summed E-state index contributed by atoms with van der Waals surface area (Å²) in [5.41, 5.74) is 0. The normalized spacial score (nSPS) is 10.8. The zero-order valence-corrected chi connectivity index (χ0v) is 12.2. The summed E-state index contributed by atoms with van der Waals surface area (Å²) in [7, 11) is 0. The van der Waals surface area contributed by atoms with Gasteiger partial charge in [-0.15, -0.1) is 22.0 Å². The van der Waals surface area contributed by atoms with Crippen LogP contribution in [0.1, 0.15) is 24.8 Å². The summed E-state index contributed by atoms with van der Waals surface area (Å²) >= 11 is 3.49. The summed E-state index contributed by atoms with van der Waals surface area (Å²) in [6.45, 7) is 5.18. The van der Waals surface area contributed by atoms with Crippen LogP contribution < -0.4 is 5.32 Å². The average Bonchev–Trinajstić information content (AvgIpc) is 2.85. The minimum atomic E-state index is 0.455. The molecule has 0 saturated carbocycles. The molecule has 18 heavy (non-hydrogen) atoms. The first-order chi connectivity index (χ1) is 8.75. The van der Waals surface area contributed by atoms with Gasteiger partial charge < -0.3 is 5.32 Å². The zero-order valence-electron chi connectivity index (χ0n) is 10.6. The Morgan fingerprint density at radius 2 is 2.00 bits per heavy atom. The fourth-order valence-electron chi connectivity index (χ4n) is 1.38. The summed E-state index contributed by atoms with van der Waals surface area (Å²) in [5.74, 6) is 1.48. The average molecular weight is 279 g/mol. The lowest BCUT2D eigenvalue weighted by atomic mass is 10.2. The Hall–Kier alpha value is -1.07. The first-order valence-electron chi connectivity index (χ1n) is 6.01. The van der Waals surface area contributed by atoms with Gasteiger partial charge in [0.25, 0.3) is 0 Å². The Morgan fingerprint density at radius 3 is 2.67 bits per heavy atom. The number of benzene rings is 1. The first kappa shape index (κ1) is 13.4. The number of nitrogens with zero attached hydrogens (tertiary/aromatic N) is 2. The smallest absolute Gasteiger partial charge is 0.205 e. The number of nitrogens with one attached hydrogen (secondary N) is 1. The van der Waals surface area contributed by atoms with E-state index in [-0.39, 0.29) is 0 Å². The van der Waals surface area contributed by atoms with Crippen molar-refractivity contribution in [3.63, 3.8) is 0 Å². The van der Waals surface area contributed by atoms with E-state index in [1.165, 1.54) is 4.90 Å². The SMILES string of the molecule is CC(C)c1nnc(NCCSc2ccccc2)s1. The van der Waals surface area contributed by atoms with Crippen LogP contribution in [0.15, 0.2) is 35.2 Å². The minimum Gasteiger partial charge on any atom is -0.359 e. The van der Waals surface area contributed by atoms with Gasteiger partial charge in [0.15, 0.2) is 0 Å². The lowest BCUT2D eigenvalue weighted by Crippen LogP contribution is -2.03. The van der Waals surface area contributed by atoms with Crippen LogP contribution in [0.5, 0.6) is 0 Å². The maximum absolute atomic E-state index is 4.15. The summed E-state index contributed by atoms with van der Waals surface area (Å²) < 4.78 is 0. The van der Waals surface area contributed by atoms with Crippen molar-refractivity contribution in [2.45, 2.75) is 24.7 Å². The summed E-state index contributed by atoms with van der Waals surface area (Å²) in [4.78, 5) is 1.31. The number of anilines is 1. The summed E-state index contributed by atoms with van der Waals surface area (Å²) in [6, 6.07) is 10.4. The molecular formula is C13H17N3S2. The molecule has 0 aliphatic carbocycles. The van der Waals surface area contributed by atoms with Crippen LogP contribution in [0.4, 0.5) is 5.13 Å². The first-order valence-corrected chi connectivity index (χ1v) is 7.81. The van der Waals surface area contributed by atoms with Crippen LogP contribution in [0.25, 0.3) is 0 Å². The fraction of sp³-hybridized carbons (Fsp3) is 0.385. The van der Waals surface area contributed by atoms with E-state index in [2.05, 4.69) is 53.6 Å². The molecule has 0 atom stereocenters. The Balaban J connectivity index is 1.72. The highest BCUT2D eigenvalue weighted by molar-refractivity contribution is 7.99. The van der Waals surface area contributed by atoms with Crippen molar-refractivity contribution < 1.29 is 0 Å². The molecule has 0 aliphatic rings. The molecule has 0 fully saturated rings. The van der Waals surface area contributed by atoms with Crippen LogP contribution in [0.2, 0.25) is 0 Å². The van der Waals surface area contributed by atoms with E-state index in [1.54, 1.807) is 11.3 Å². The molecule has 96 valence electrons. The van der Waals surface area contributed by atoms with Crippen molar-refractivity contribution in [3.05, 3.63) is 35.3 Å². The lowest BCUT2D eigenvalue weighted by molar-refractivity contribution is 0.825. The van der Waals surface area contributed by atoms with Crippen LogP contribution >= 0.6 is 23.1 Å². The predicted octanol–water partition coefficient (Wildman–Crippen LogP) is 3.87. The molecule has 0 saturated heterocycles. The predicted molar refractivity (Wildman–Crippen MR) is 79.7 cm³/mol. The lowest BCUT2D eigenvalue weighted by Gasteiger charge is -2.02. The van der Waals surface area contributed by atoms with E-state index in [0.29, 0.717) is 5.92 Å². The minimum absolute atomic E-state index is 0.455. The zero-order chi connectivity index (χ0) is 12.8. The Bertz CT molecular complexity index is 468. The Kier molecular flexibility index (Phi) is 5.01. The second-order valence-corrected chi connectivity index (χ2v) is 6.37. The standard InChI is InChI=1S/C13H17N3S2/c1-10(2)12-15-16-13(18-12)14-8-9-17-11-6-4-3-5-7-11/h3-7,10H,8-9H2,1-2H3,(H,14,16). The molecule has 5 heteroatoms. The number of hydrogen-bond donors (Lipinski definition) is 1. The number of hydrogen-bond acceptors (Lipinski definition) is 5. The largest absolute Gasteiger partial charge is 0.359 e. The summed E-state index contributed by atoms with van der Waals surface area (Å²) in [6.07, 6.45) is 0. The van der Waals surface area contributed by atoms with Gasteiger partial charge in [-0.1, -0.05) is 43.4 Å². The van der Waals surface area contributed by atoms with Crippen molar-refractivity contribution in [2.24, 2.45) is 0 Å². The Morgan fingerprint density at radius 1 is 1.22 bits per heavy atom. The number of aromatic nitrogens is 2. The van der Waals surface area contributed by atoms with E-state index in [0.717, 1.165) is 22.4 Å². The third kappa shape index (κ3) is 3.99. The van der Waals surface area contributed by atoms with Crippen LogP contribution in [-0.4, -0.2) is 22.5 Å². The van der Waals surface area contributed by atoms with Gasteiger partial charge in [0, 0.05) is 23.1 Å². The van der Waals surface area contributed by atoms with Gasteiger partial charge in [0.05, 0.1) is 0 Å². The highest BCUT2D eigenvalue weighted by Crippen LogP contribution is 2.22. The maximum atomic E-state index is 4.15. The van der Waals surface area contributed by atoms with Gasteiger partial charge in [-0.3, -0.25) is 0 Å². The van der Waals surface area contributed by atoms with E-state index in [4.69, 9.17) is 0 Å². The van der Waals surface area contributed by atoms with Crippen molar-refractivity contribution in [1.29, 1.82) is 0 Å². The highest BCUT2D eigenvalue weighted by atomic mass is 32.2. The summed E-state index contributed by atoms with van der Waals surface area (Å²) in [5, 5.41) is 13.6. The molecule has 3 nitrogen and oxygen atoms in total. The van der Waals surface area contributed by atoms with E-state index >= 15 is 0 Å². The third-order valence-corrected chi connectivity index (χ3v) is 4.52. The second kappa shape index (κ2) is 6.75. The van der Waals surface area contributed by atoms with E-state index in [9.17, 15) is 0 Å². The van der Waals surface area contributed by atoms with Crippen molar-refractivity contribution in [3.8, 4) is 0 Å². The van der Waals surface area contributed by atoms with Crippen molar-refractivity contribution >= 4 is 28.2 Å². The molecule has 0 amide bonds. The van der Waals surface area contributed by atoms with E-state index < -0.39 is 0 Å². The van der Waals surface area contributed by atoms with Crippen LogP contribution in [0.3, 0.4) is 0 Å². The maximum Gasteiger partial charge on any atom is 0.205 e. The van der Waals surface area contributed by atoms with Crippen molar-refractivity contribution in [1.82, 2.24) is 10.2 Å². The molecular weight excluding hydrogens is 262 g/mol. The monoisotopic (exact) mass is 279 g/mol. The van der Waals surface area contributed by atoms with E-state index in [1.807, 2.05) is 17.8 Å². The van der Waals surface area contributed by atoms with Gasteiger partial charge >= 0.3 is 0 Å². The molecule has 2 aromatic rings. The molecule has 0 radical (unpaired) electrons. The molecule has 0 bridgehead atoms. The molecule has 2 rings (SSSR count). The molecule has 0 spiro atoms. The number of rotatable bonds is 6. The second-order valence-electron chi connectivity index (χ2n) is 4.19. The van der Waals surface area contributed by atoms with Gasteiger partial charge in [-0.2, -0.15) is 0 Å². The molecule has 1 aromatic heterocycles. The molecule has 1 heterocycles. The molecule has 1 aromatic carbocycles. The molecule has 0 unspecified atom stereocenters. The van der Waals surface area contributed by atoms with Crippen molar-refractivity contribution in [2.75, 3.05) is 17.6 Å². The fourth-order valence-corrected chi connectivity index (χ4v) is 2.94. The van der Waals surface area contributed by atoms with Crippen LogP contribution in [0, 0.1) is 0 Å². The quantitative estimate of drug-likeness (QED) is 0.643. The Labute approximate surface area is 116 Å². The number of thioether (sulfide) groups is 1. The third-order valence-electron chi connectivity index (χ3n) is 2.32. The topological polar surface area (TPSA) is 37.8 Å². The molecule has 0 aliphatic heterocycles. The molecule has 1 N–H and O–H groups in total.